The lowest BCUT2D eigenvalue weighted by Gasteiger charge is -2.07. The van der Waals surface area contributed by atoms with E-state index in [1.165, 1.54) is 0 Å². The number of carbonyl (C=O) groups is 1. The van der Waals surface area contributed by atoms with Gasteiger partial charge in [0.15, 0.2) is 5.78 Å². The molecule has 1 aromatic rings. The van der Waals surface area contributed by atoms with Crippen molar-refractivity contribution in [2.75, 3.05) is 7.11 Å². The summed E-state index contributed by atoms with van der Waals surface area (Å²) in [6.45, 7) is 0. The summed E-state index contributed by atoms with van der Waals surface area (Å²) in [5.41, 5.74) is 1.93. The highest BCUT2D eigenvalue weighted by Gasteiger charge is 2.24. The summed E-state index contributed by atoms with van der Waals surface area (Å²) in [4.78, 5) is 11.5. The number of hydrogen-bond donors (Lipinski definition) is 0. The monoisotopic (exact) mass is 288 g/mol. The van der Waals surface area contributed by atoms with Crippen molar-refractivity contribution in [1.29, 1.82) is 0 Å². The molecule has 1 aromatic carbocycles. The van der Waals surface area contributed by atoms with Gasteiger partial charge in [-0.3, -0.25) is 4.79 Å². The number of ether oxygens (including phenoxy) is 1. The highest BCUT2D eigenvalue weighted by atomic mass is 127. The Morgan fingerprint density at radius 3 is 2.85 bits per heavy atom. The van der Waals surface area contributed by atoms with Crippen LogP contribution in [0.25, 0.3) is 0 Å². The summed E-state index contributed by atoms with van der Waals surface area (Å²) < 4.78 is 6.24. The van der Waals surface area contributed by atoms with Gasteiger partial charge in [0.05, 0.1) is 16.2 Å². The Kier molecular flexibility index (Phi) is 2.27. The lowest BCUT2D eigenvalue weighted by molar-refractivity contribution is 0.0992. The molecule has 0 atom stereocenters. The van der Waals surface area contributed by atoms with Crippen LogP contribution in [0.2, 0.25) is 0 Å². The van der Waals surface area contributed by atoms with Crippen molar-refractivity contribution in [2.45, 2.75) is 12.8 Å². The number of hydrogen-bond acceptors (Lipinski definition) is 2. The van der Waals surface area contributed by atoms with Crippen LogP contribution in [0.3, 0.4) is 0 Å². The maximum absolute atomic E-state index is 11.5. The highest BCUT2D eigenvalue weighted by Crippen LogP contribution is 2.34. The fourth-order valence-corrected chi connectivity index (χ4v) is 2.35. The lowest BCUT2D eigenvalue weighted by Crippen LogP contribution is -1.98. The molecular formula is C10H9IO2. The first-order valence-electron chi connectivity index (χ1n) is 4.12. The molecule has 0 spiro atoms. The smallest absolute Gasteiger partial charge is 0.167 e. The van der Waals surface area contributed by atoms with E-state index in [-0.39, 0.29) is 5.78 Å². The van der Waals surface area contributed by atoms with Crippen LogP contribution in [0.15, 0.2) is 12.1 Å². The van der Waals surface area contributed by atoms with Gasteiger partial charge in [0.2, 0.25) is 0 Å². The number of halogens is 1. The van der Waals surface area contributed by atoms with E-state index in [0.29, 0.717) is 6.42 Å². The third kappa shape index (κ3) is 1.35. The van der Waals surface area contributed by atoms with E-state index in [1.54, 1.807) is 7.11 Å². The molecule has 0 aliphatic heterocycles. The number of aryl methyl sites for hydroxylation is 1. The molecule has 68 valence electrons. The predicted molar refractivity (Wildman–Crippen MR) is 58.4 cm³/mol. The van der Waals surface area contributed by atoms with Crippen LogP contribution < -0.4 is 4.74 Å². The molecule has 0 saturated carbocycles. The van der Waals surface area contributed by atoms with Crippen LogP contribution in [0.5, 0.6) is 5.75 Å². The molecule has 0 N–H and O–H groups in total. The second kappa shape index (κ2) is 3.29. The SMILES string of the molecule is COc1c(I)ccc2c1C(=O)CC2. The minimum atomic E-state index is 0.213. The normalized spacial score (nSPS) is 14.5. The molecule has 1 aliphatic carbocycles. The van der Waals surface area contributed by atoms with Gasteiger partial charge in [0.25, 0.3) is 0 Å². The summed E-state index contributed by atoms with van der Waals surface area (Å²) in [5.74, 6) is 0.964. The molecule has 0 amide bonds. The third-order valence-electron chi connectivity index (χ3n) is 2.30. The van der Waals surface area contributed by atoms with Crippen LogP contribution in [0.1, 0.15) is 22.3 Å². The van der Waals surface area contributed by atoms with E-state index in [0.717, 1.165) is 26.9 Å². The molecule has 2 nitrogen and oxygen atoms in total. The van der Waals surface area contributed by atoms with Crippen molar-refractivity contribution >= 4 is 28.4 Å². The third-order valence-corrected chi connectivity index (χ3v) is 3.15. The molecular weight excluding hydrogens is 279 g/mol. The van der Waals surface area contributed by atoms with E-state index >= 15 is 0 Å². The first-order valence-corrected chi connectivity index (χ1v) is 5.20. The Labute approximate surface area is 90.4 Å². The minimum absolute atomic E-state index is 0.213. The van der Waals surface area contributed by atoms with Crippen LogP contribution in [0, 0.1) is 3.57 Å². The van der Waals surface area contributed by atoms with E-state index in [9.17, 15) is 4.79 Å². The highest BCUT2D eigenvalue weighted by molar-refractivity contribution is 14.1. The van der Waals surface area contributed by atoms with Gasteiger partial charge in [-0.2, -0.15) is 0 Å². The van der Waals surface area contributed by atoms with Gasteiger partial charge >= 0.3 is 0 Å². The first kappa shape index (κ1) is 8.99. The molecule has 0 fully saturated rings. The van der Waals surface area contributed by atoms with Crippen LogP contribution in [-0.4, -0.2) is 12.9 Å². The Bertz CT molecular complexity index is 371. The largest absolute Gasteiger partial charge is 0.495 e. The number of rotatable bonds is 1. The Morgan fingerprint density at radius 2 is 2.15 bits per heavy atom. The predicted octanol–water partition coefficient (Wildman–Crippen LogP) is 2.43. The van der Waals surface area contributed by atoms with Gasteiger partial charge < -0.3 is 4.74 Å². The molecule has 0 heterocycles. The molecule has 13 heavy (non-hydrogen) atoms. The van der Waals surface area contributed by atoms with Gasteiger partial charge in [0, 0.05) is 6.42 Å². The standard InChI is InChI=1S/C10H9IO2/c1-13-10-7(11)4-2-6-3-5-8(12)9(6)10/h2,4H,3,5H2,1H3. The second-order valence-corrected chi connectivity index (χ2v) is 4.20. The van der Waals surface area contributed by atoms with Crippen molar-refractivity contribution in [3.05, 3.63) is 26.8 Å². The Morgan fingerprint density at radius 1 is 1.38 bits per heavy atom. The number of methoxy groups -OCH3 is 1. The van der Waals surface area contributed by atoms with Gasteiger partial charge in [-0.15, -0.1) is 0 Å². The fourth-order valence-electron chi connectivity index (χ4n) is 1.68. The maximum Gasteiger partial charge on any atom is 0.167 e. The molecule has 0 saturated heterocycles. The van der Waals surface area contributed by atoms with E-state index in [1.807, 2.05) is 12.1 Å². The number of benzene rings is 1. The Balaban J connectivity index is 2.67. The van der Waals surface area contributed by atoms with E-state index in [4.69, 9.17) is 4.74 Å². The lowest BCUT2D eigenvalue weighted by atomic mass is 10.1. The van der Waals surface area contributed by atoms with Crippen LogP contribution in [0.4, 0.5) is 0 Å². The quantitative estimate of drug-likeness (QED) is 0.742. The fraction of sp³-hybridized carbons (Fsp3) is 0.300. The van der Waals surface area contributed by atoms with E-state index < -0.39 is 0 Å². The zero-order valence-electron chi connectivity index (χ0n) is 7.26. The number of fused-ring (bicyclic) bond motifs is 1. The Hall–Kier alpha value is -0.580. The molecule has 3 heteroatoms. The van der Waals surface area contributed by atoms with Gasteiger partial charge in [0.1, 0.15) is 5.75 Å². The van der Waals surface area contributed by atoms with Crippen molar-refractivity contribution < 1.29 is 9.53 Å². The number of ketones is 1. The summed E-state index contributed by atoms with van der Waals surface area (Å²) in [6.07, 6.45) is 1.49. The molecule has 2 rings (SSSR count). The minimum Gasteiger partial charge on any atom is -0.495 e. The average Bonchev–Trinajstić information content (AvgIpc) is 2.49. The van der Waals surface area contributed by atoms with Crippen molar-refractivity contribution in [2.24, 2.45) is 0 Å². The van der Waals surface area contributed by atoms with Crippen molar-refractivity contribution in [3.8, 4) is 5.75 Å². The summed E-state index contributed by atoms with van der Waals surface area (Å²) >= 11 is 2.19. The number of Topliss-reactive ketones (excluding diaryl/α,β-unsaturated/α-hetero) is 1. The summed E-state index contributed by atoms with van der Waals surface area (Å²) in [7, 11) is 1.61. The van der Waals surface area contributed by atoms with Crippen LogP contribution >= 0.6 is 22.6 Å². The second-order valence-electron chi connectivity index (χ2n) is 3.04. The molecule has 0 radical (unpaired) electrons. The summed E-state index contributed by atoms with van der Waals surface area (Å²) in [5, 5.41) is 0. The van der Waals surface area contributed by atoms with Crippen molar-refractivity contribution in [1.82, 2.24) is 0 Å². The van der Waals surface area contributed by atoms with Gasteiger partial charge in [-0.1, -0.05) is 6.07 Å². The molecule has 0 aromatic heterocycles. The maximum atomic E-state index is 11.5. The molecule has 0 unspecified atom stereocenters. The van der Waals surface area contributed by atoms with Gasteiger partial charge in [-0.25, -0.2) is 0 Å². The topological polar surface area (TPSA) is 26.3 Å². The van der Waals surface area contributed by atoms with Gasteiger partial charge in [-0.05, 0) is 40.6 Å². The average molecular weight is 288 g/mol. The van der Waals surface area contributed by atoms with Crippen LogP contribution in [-0.2, 0) is 6.42 Å². The van der Waals surface area contributed by atoms with E-state index in [2.05, 4.69) is 22.6 Å². The number of carbonyl (C=O) groups excluding carboxylic acids is 1. The first-order chi connectivity index (χ1) is 6.24. The zero-order valence-corrected chi connectivity index (χ0v) is 9.42. The molecule has 1 aliphatic rings. The summed E-state index contributed by atoms with van der Waals surface area (Å²) in [6, 6.07) is 4.02. The zero-order chi connectivity index (χ0) is 9.42. The molecule has 0 bridgehead atoms. The van der Waals surface area contributed by atoms with Crippen molar-refractivity contribution in [3.63, 3.8) is 0 Å².